The lowest BCUT2D eigenvalue weighted by Gasteiger charge is -2.56. The first kappa shape index (κ1) is 15.5. The molecule has 142 valence electrons. The largest absolute Gasteiger partial charge is 0.451 e. The van der Waals surface area contributed by atoms with Crippen LogP contribution in [0.2, 0.25) is 0 Å². The van der Waals surface area contributed by atoms with Crippen LogP contribution in [-0.2, 0) is 9.53 Å². The SMILES string of the molecule is CN=C1C=C2C(CC1)C1CC[C@@]3(C)C(C4CC4C34C=CC(=O)O4)C1C1CC21. The molecule has 0 aromatic heterocycles. The number of hydrogen-bond acceptors (Lipinski definition) is 3. The van der Waals surface area contributed by atoms with Gasteiger partial charge in [0.1, 0.15) is 5.60 Å². The van der Waals surface area contributed by atoms with E-state index in [2.05, 4.69) is 24.1 Å². The number of esters is 1. The van der Waals surface area contributed by atoms with E-state index in [0.29, 0.717) is 5.92 Å². The van der Waals surface area contributed by atoms with Crippen molar-refractivity contribution in [2.75, 3.05) is 7.05 Å². The molecule has 5 fully saturated rings. The molecule has 6 aliphatic carbocycles. The predicted octanol–water partition coefficient (Wildman–Crippen LogP) is 4.19. The summed E-state index contributed by atoms with van der Waals surface area (Å²) in [6.07, 6.45) is 14.1. The number of ether oxygens (including phenoxy) is 1. The Balaban J connectivity index is 1.30. The summed E-state index contributed by atoms with van der Waals surface area (Å²) in [7, 11) is 1.95. The van der Waals surface area contributed by atoms with E-state index in [1.807, 2.05) is 7.05 Å². The molecule has 7 aliphatic rings. The Morgan fingerprint density at radius 1 is 1.15 bits per heavy atom. The van der Waals surface area contributed by atoms with Crippen molar-refractivity contribution in [1.82, 2.24) is 0 Å². The molecule has 1 heterocycles. The van der Waals surface area contributed by atoms with Gasteiger partial charge in [0.15, 0.2) is 0 Å². The van der Waals surface area contributed by atoms with Crippen LogP contribution in [0.15, 0.2) is 28.8 Å². The minimum absolute atomic E-state index is 0.0959. The van der Waals surface area contributed by atoms with Crippen molar-refractivity contribution in [3.05, 3.63) is 23.8 Å². The van der Waals surface area contributed by atoms with Crippen LogP contribution in [0.1, 0.15) is 45.4 Å². The molecular weight excluding hydrogens is 334 g/mol. The smallest absolute Gasteiger partial charge is 0.331 e. The Morgan fingerprint density at radius 3 is 2.81 bits per heavy atom. The zero-order valence-electron chi connectivity index (χ0n) is 16.4. The quantitative estimate of drug-likeness (QED) is 0.605. The first-order chi connectivity index (χ1) is 13.1. The van der Waals surface area contributed by atoms with Crippen LogP contribution >= 0.6 is 0 Å². The molecule has 0 saturated heterocycles. The van der Waals surface area contributed by atoms with E-state index in [-0.39, 0.29) is 17.0 Å². The first-order valence-electron chi connectivity index (χ1n) is 11.2. The summed E-state index contributed by atoms with van der Waals surface area (Å²) in [5.74, 6) is 6.38. The Morgan fingerprint density at radius 2 is 2.04 bits per heavy atom. The molecule has 0 aromatic carbocycles. The first-order valence-corrected chi connectivity index (χ1v) is 11.2. The molecule has 27 heavy (non-hydrogen) atoms. The topological polar surface area (TPSA) is 38.7 Å². The molecule has 10 atom stereocenters. The van der Waals surface area contributed by atoms with E-state index in [9.17, 15) is 4.79 Å². The molecule has 9 unspecified atom stereocenters. The molecule has 5 saturated carbocycles. The van der Waals surface area contributed by atoms with E-state index in [0.717, 1.165) is 41.4 Å². The normalized spacial score (nSPS) is 60.1. The summed E-state index contributed by atoms with van der Waals surface area (Å²) in [5.41, 5.74) is 3.00. The number of carbonyl (C=O) groups is 1. The summed E-state index contributed by atoms with van der Waals surface area (Å²) >= 11 is 0. The van der Waals surface area contributed by atoms with Crippen LogP contribution in [0, 0.1) is 52.8 Å². The third-order valence-corrected chi connectivity index (χ3v) is 10.2. The highest BCUT2D eigenvalue weighted by Crippen LogP contribution is 2.80. The number of carbonyl (C=O) groups excluding carboxylic acids is 1. The van der Waals surface area contributed by atoms with Crippen LogP contribution in [0.3, 0.4) is 0 Å². The van der Waals surface area contributed by atoms with Crippen molar-refractivity contribution in [2.24, 2.45) is 57.8 Å². The van der Waals surface area contributed by atoms with Gasteiger partial charge < -0.3 is 4.74 Å². The zero-order chi connectivity index (χ0) is 18.1. The maximum atomic E-state index is 12.1. The molecule has 0 radical (unpaired) electrons. The number of hydrogen-bond donors (Lipinski definition) is 0. The third-order valence-electron chi connectivity index (χ3n) is 10.2. The summed E-state index contributed by atoms with van der Waals surface area (Å²) in [6.45, 7) is 2.48. The highest BCUT2D eigenvalue weighted by atomic mass is 16.6. The van der Waals surface area contributed by atoms with Gasteiger partial charge in [-0.1, -0.05) is 12.5 Å². The fraction of sp³-hybridized carbons (Fsp3) is 0.750. The number of aliphatic imine (C=N–C) groups is 1. The molecule has 7 rings (SSSR count). The minimum atomic E-state index is -0.264. The van der Waals surface area contributed by atoms with Crippen molar-refractivity contribution >= 4 is 11.7 Å². The van der Waals surface area contributed by atoms with Crippen LogP contribution in [0.5, 0.6) is 0 Å². The lowest BCUT2D eigenvalue weighted by Crippen LogP contribution is -2.55. The molecule has 0 aromatic rings. The van der Waals surface area contributed by atoms with E-state index < -0.39 is 0 Å². The molecule has 0 bridgehead atoms. The molecular formula is C24H29NO2. The van der Waals surface area contributed by atoms with Crippen LogP contribution in [-0.4, -0.2) is 24.3 Å². The molecule has 0 N–H and O–H groups in total. The van der Waals surface area contributed by atoms with Crippen molar-refractivity contribution in [3.63, 3.8) is 0 Å². The van der Waals surface area contributed by atoms with Crippen molar-refractivity contribution in [3.8, 4) is 0 Å². The Labute approximate surface area is 161 Å². The molecule has 0 amide bonds. The maximum absolute atomic E-state index is 12.1. The highest BCUT2D eigenvalue weighted by molar-refractivity contribution is 5.96. The van der Waals surface area contributed by atoms with Gasteiger partial charge in [0.25, 0.3) is 0 Å². The monoisotopic (exact) mass is 363 g/mol. The van der Waals surface area contributed by atoms with Gasteiger partial charge in [0.05, 0.1) is 0 Å². The van der Waals surface area contributed by atoms with Gasteiger partial charge in [0.2, 0.25) is 0 Å². The Bertz CT molecular complexity index is 854. The summed E-state index contributed by atoms with van der Waals surface area (Å²) < 4.78 is 6.12. The van der Waals surface area contributed by atoms with Gasteiger partial charge in [-0.15, -0.1) is 0 Å². The third kappa shape index (κ3) is 1.64. The second-order valence-corrected chi connectivity index (χ2v) is 10.8. The van der Waals surface area contributed by atoms with Gasteiger partial charge in [-0.05, 0) is 92.1 Å². The predicted molar refractivity (Wildman–Crippen MR) is 103 cm³/mol. The fourth-order valence-corrected chi connectivity index (χ4v) is 9.13. The van der Waals surface area contributed by atoms with Gasteiger partial charge in [0, 0.05) is 30.2 Å². The molecule has 3 heteroatoms. The van der Waals surface area contributed by atoms with Crippen LogP contribution in [0.4, 0.5) is 0 Å². The average Bonchev–Trinajstić information content (AvgIpc) is 3.58. The van der Waals surface area contributed by atoms with Gasteiger partial charge in [-0.3, -0.25) is 4.99 Å². The fourth-order valence-electron chi connectivity index (χ4n) is 9.13. The maximum Gasteiger partial charge on any atom is 0.331 e. The standard InChI is InChI=1S/C24H29NO2/c1-23-7-5-14-13-4-3-12(25-2)9-15(13)16-10-17(16)21(14)22(23)18-11-19(18)24(23)8-6-20(26)27-24/h6,8-9,13-14,16-19,21-22H,3-5,7,10-11H2,1-2H3/t13?,14?,16?,17?,18?,19?,21?,22?,23-,24?/m0/s1. The molecule has 3 nitrogen and oxygen atoms in total. The number of fused-ring (bicyclic) bond motifs is 12. The van der Waals surface area contributed by atoms with Crippen molar-refractivity contribution in [1.29, 1.82) is 0 Å². The van der Waals surface area contributed by atoms with Gasteiger partial charge in [-0.2, -0.15) is 0 Å². The summed E-state index contributed by atoms with van der Waals surface area (Å²) in [6, 6.07) is 0. The Kier molecular flexibility index (Phi) is 2.65. The number of rotatable bonds is 0. The van der Waals surface area contributed by atoms with Crippen LogP contribution in [0.25, 0.3) is 0 Å². The number of nitrogens with zero attached hydrogens (tertiary/aromatic N) is 1. The van der Waals surface area contributed by atoms with E-state index in [4.69, 9.17) is 4.74 Å². The minimum Gasteiger partial charge on any atom is -0.451 e. The lowest BCUT2D eigenvalue weighted by molar-refractivity contribution is -0.168. The Hall–Kier alpha value is -1.38. The van der Waals surface area contributed by atoms with E-state index >= 15 is 0 Å². The lowest BCUT2D eigenvalue weighted by atomic mass is 9.49. The second-order valence-electron chi connectivity index (χ2n) is 10.8. The van der Waals surface area contributed by atoms with Gasteiger partial charge >= 0.3 is 5.97 Å². The summed E-state index contributed by atoms with van der Waals surface area (Å²) in [5, 5.41) is 0. The second kappa shape index (κ2) is 4.60. The van der Waals surface area contributed by atoms with E-state index in [1.165, 1.54) is 44.2 Å². The van der Waals surface area contributed by atoms with Crippen molar-refractivity contribution in [2.45, 2.75) is 51.0 Å². The zero-order valence-corrected chi connectivity index (χ0v) is 16.4. The molecule has 1 spiro atoms. The van der Waals surface area contributed by atoms with E-state index in [1.54, 1.807) is 11.6 Å². The van der Waals surface area contributed by atoms with Gasteiger partial charge in [-0.25, -0.2) is 4.79 Å². The molecule has 1 aliphatic heterocycles. The number of allylic oxidation sites excluding steroid dienone is 2. The summed E-state index contributed by atoms with van der Waals surface area (Å²) in [4.78, 5) is 16.6. The van der Waals surface area contributed by atoms with Crippen molar-refractivity contribution < 1.29 is 9.53 Å². The highest BCUT2D eigenvalue weighted by Gasteiger charge is 2.79. The average molecular weight is 364 g/mol. The van der Waals surface area contributed by atoms with Crippen LogP contribution < -0.4 is 0 Å².